The van der Waals surface area contributed by atoms with E-state index in [1.807, 2.05) is 61.5 Å². The van der Waals surface area contributed by atoms with Crippen molar-refractivity contribution in [3.63, 3.8) is 0 Å². The third kappa shape index (κ3) is 3.43. The van der Waals surface area contributed by atoms with Crippen molar-refractivity contribution in [1.29, 1.82) is 0 Å². The average Bonchev–Trinajstić information content (AvgIpc) is 3.32. The van der Waals surface area contributed by atoms with Gasteiger partial charge in [-0.25, -0.2) is 9.78 Å². The molecule has 6 heteroatoms. The predicted molar refractivity (Wildman–Crippen MR) is 110 cm³/mol. The summed E-state index contributed by atoms with van der Waals surface area (Å²) in [5, 5.41) is 2.41. The zero-order valence-electron chi connectivity index (χ0n) is 15.7. The molecular weight excluding hydrogens is 372 g/mol. The lowest BCUT2D eigenvalue weighted by Gasteiger charge is -2.25. The topological polar surface area (TPSA) is 59.5 Å². The summed E-state index contributed by atoms with van der Waals surface area (Å²) in [5.74, 6) is -0.802. The summed E-state index contributed by atoms with van der Waals surface area (Å²) in [6, 6.07) is 17.5. The molecule has 142 valence electrons. The molecule has 0 unspecified atom stereocenters. The smallest absolute Gasteiger partial charge is 0.358 e. The lowest BCUT2D eigenvalue weighted by Crippen LogP contribution is -2.43. The van der Waals surface area contributed by atoms with Gasteiger partial charge in [0.15, 0.2) is 11.8 Å². The molecule has 1 amide bonds. The largest absolute Gasteiger partial charge is 0.448 e. The third-order valence-electron chi connectivity index (χ3n) is 4.81. The van der Waals surface area contributed by atoms with Gasteiger partial charge in [-0.3, -0.25) is 4.79 Å². The molecule has 2 heterocycles. The molecule has 1 aliphatic rings. The summed E-state index contributed by atoms with van der Waals surface area (Å²) in [7, 11) is 0. The molecule has 4 rings (SSSR count). The summed E-state index contributed by atoms with van der Waals surface area (Å²) in [4.78, 5) is 31.5. The van der Waals surface area contributed by atoms with Gasteiger partial charge >= 0.3 is 5.97 Å². The van der Waals surface area contributed by atoms with Gasteiger partial charge in [0, 0.05) is 22.7 Å². The van der Waals surface area contributed by atoms with Crippen LogP contribution in [0.2, 0.25) is 0 Å². The number of rotatable bonds is 4. The molecule has 5 nitrogen and oxygen atoms in total. The summed E-state index contributed by atoms with van der Waals surface area (Å²) >= 11 is 1.38. The molecule has 0 saturated heterocycles. The quantitative estimate of drug-likeness (QED) is 0.620. The standard InChI is InChI=1S/C22H20N2O3S/c1-14-12-17-10-6-7-11-19(17)24(14)21(25)15(2)27-22(26)18-13-28-20(23-18)16-8-4-3-5-9-16/h3-11,13-15H,12H2,1-2H3/t14-,15-/m1/s1. The van der Waals surface area contributed by atoms with E-state index in [2.05, 4.69) is 4.98 Å². The van der Waals surface area contributed by atoms with Crippen LogP contribution in [0.3, 0.4) is 0 Å². The molecule has 0 spiro atoms. The van der Waals surface area contributed by atoms with Crippen LogP contribution in [0.15, 0.2) is 60.0 Å². The van der Waals surface area contributed by atoms with Crippen molar-refractivity contribution in [3.8, 4) is 10.6 Å². The maximum absolute atomic E-state index is 12.9. The van der Waals surface area contributed by atoms with Gasteiger partial charge < -0.3 is 9.64 Å². The van der Waals surface area contributed by atoms with Crippen LogP contribution in [0.4, 0.5) is 5.69 Å². The number of nitrogens with zero attached hydrogens (tertiary/aromatic N) is 2. The lowest BCUT2D eigenvalue weighted by atomic mass is 10.1. The second kappa shape index (κ2) is 7.56. The molecule has 0 bridgehead atoms. The molecule has 1 aliphatic heterocycles. The van der Waals surface area contributed by atoms with E-state index in [1.54, 1.807) is 17.2 Å². The number of carbonyl (C=O) groups excluding carboxylic acids is 2. The van der Waals surface area contributed by atoms with Gasteiger partial charge in [-0.05, 0) is 31.9 Å². The first-order valence-corrected chi connectivity index (χ1v) is 10.1. The van der Waals surface area contributed by atoms with Gasteiger partial charge in [0.05, 0.1) is 0 Å². The van der Waals surface area contributed by atoms with Gasteiger partial charge in [0.1, 0.15) is 5.01 Å². The van der Waals surface area contributed by atoms with Gasteiger partial charge in [0.2, 0.25) is 0 Å². The Hall–Kier alpha value is -2.99. The Balaban J connectivity index is 1.47. The fraction of sp³-hybridized carbons (Fsp3) is 0.227. The second-order valence-corrected chi connectivity index (χ2v) is 7.70. The molecule has 0 radical (unpaired) electrons. The Bertz CT molecular complexity index is 1020. The number of benzene rings is 2. The highest BCUT2D eigenvalue weighted by Crippen LogP contribution is 2.32. The molecule has 0 N–H and O–H groups in total. The monoisotopic (exact) mass is 392 g/mol. The molecule has 0 saturated carbocycles. The first kappa shape index (κ1) is 18.4. The Labute approximate surface area is 167 Å². The molecular formula is C22H20N2O3S. The number of amides is 1. The second-order valence-electron chi connectivity index (χ2n) is 6.84. The molecule has 2 aromatic carbocycles. The van der Waals surface area contributed by atoms with Crippen LogP contribution in [0.25, 0.3) is 10.6 Å². The highest BCUT2D eigenvalue weighted by molar-refractivity contribution is 7.13. The molecule has 1 aromatic heterocycles. The third-order valence-corrected chi connectivity index (χ3v) is 5.70. The minimum Gasteiger partial charge on any atom is -0.448 e. The van der Waals surface area contributed by atoms with Crippen molar-refractivity contribution >= 4 is 28.9 Å². The average molecular weight is 392 g/mol. The minimum absolute atomic E-state index is 0.0370. The number of anilines is 1. The molecule has 2 atom stereocenters. The van der Waals surface area contributed by atoms with E-state index in [4.69, 9.17) is 4.74 Å². The first-order chi connectivity index (χ1) is 13.5. The summed E-state index contributed by atoms with van der Waals surface area (Å²) in [5.41, 5.74) is 3.19. The van der Waals surface area contributed by atoms with Crippen LogP contribution in [0.5, 0.6) is 0 Å². The fourth-order valence-corrected chi connectivity index (χ4v) is 4.24. The van der Waals surface area contributed by atoms with Crippen molar-refractivity contribution < 1.29 is 14.3 Å². The number of carbonyl (C=O) groups is 2. The minimum atomic E-state index is -0.886. The van der Waals surface area contributed by atoms with E-state index in [0.717, 1.165) is 28.2 Å². The number of ether oxygens (including phenoxy) is 1. The predicted octanol–water partition coefficient (Wildman–Crippen LogP) is 4.33. The Morgan fingerprint density at radius 3 is 2.64 bits per heavy atom. The SMILES string of the molecule is C[C@@H]1Cc2ccccc2N1C(=O)[C@@H](C)OC(=O)c1csc(-c2ccccc2)n1. The molecule has 3 aromatic rings. The molecule has 0 fully saturated rings. The highest BCUT2D eigenvalue weighted by Gasteiger charge is 2.34. The van der Waals surface area contributed by atoms with Crippen molar-refractivity contribution in [2.45, 2.75) is 32.4 Å². The van der Waals surface area contributed by atoms with Crippen molar-refractivity contribution in [2.24, 2.45) is 0 Å². The lowest BCUT2D eigenvalue weighted by molar-refractivity contribution is -0.126. The van der Waals surface area contributed by atoms with E-state index in [-0.39, 0.29) is 17.6 Å². The molecule has 0 aliphatic carbocycles. The van der Waals surface area contributed by atoms with E-state index < -0.39 is 12.1 Å². The zero-order valence-corrected chi connectivity index (χ0v) is 16.5. The maximum Gasteiger partial charge on any atom is 0.358 e. The van der Waals surface area contributed by atoms with Crippen molar-refractivity contribution in [2.75, 3.05) is 4.90 Å². The van der Waals surface area contributed by atoms with Gasteiger partial charge in [-0.2, -0.15) is 0 Å². The van der Waals surface area contributed by atoms with E-state index in [9.17, 15) is 9.59 Å². The fourth-order valence-electron chi connectivity index (χ4n) is 3.45. The van der Waals surface area contributed by atoms with Crippen LogP contribution in [-0.4, -0.2) is 29.0 Å². The number of fused-ring (bicyclic) bond motifs is 1. The van der Waals surface area contributed by atoms with Crippen LogP contribution in [0.1, 0.15) is 29.9 Å². The molecule has 28 heavy (non-hydrogen) atoms. The summed E-state index contributed by atoms with van der Waals surface area (Å²) in [6.45, 7) is 3.61. The summed E-state index contributed by atoms with van der Waals surface area (Å²) in [6.07, 6.45) is -0.0854. The zero-order chi connectivity index (χ0) is 19.7. The number of thiazole rings is 1. The number of hydrogen-bond donors (Lipinski definition) is 0. The van der Waals surface area contributed by atoms with E-state index in [1.165, 1.54) is 11.3 Å². The van der Waals surface area contributed by atoms with Crippen LogP contribution in [0, 0.1) is 0 Å². The highest BCUT2D eigenvalue weighted by atomic mass is 32.1. The van der Waals surface area contributed by atoms with Gasteiger partial charge in [-0.15, -0.1) is 11.3 Å². The van der Waals surface area contributed by atoms with Crippen molar-refractivity contribution in [3.05, 3.63) is 71.2 Å². The Kier molecular flexibility index (Phi) is 4.96. The summed E-state index contributed by atoms with van der Waals surface area (Å²) < 4.78 is 5.44. The van der Waals surface area contributed by atoms with E-state index in [0.29, 0.717) is 0 Å². The number of esters is 1. The maximum atomic E-state index is 12.9. The van der Waals surface area contributed by atoms with Gasteiger partial charge in [-0.1, -0.05) is 48.5 Å². The van der Waals surface area contributed by atoms with Crippen LogP contribution < -0.4 is 4.90 Å². The normalized spacial score (nSPS) is 16.5. The number of hydrogen-bond acceptors (Lipinski definition) is 5. The van der Waals surface area contributed by atoms with Crippen molar-refractivity contribution in [1.82, 2.24) is 4.98 Å². The Morgan fingerprint density at radius 1 is 1.14 bits per heavy atom. The number of para-hydroxylation sites is 1. The first-order valence-electron chi connectivity index (χ1n) is 9.17. The number of aromatic nitrogens is 1. The Morgan fingerprint density at radius 2 is 1.86 bits per heavy atom. The van der Waals surface area contributed by atoms with Gasteiger partial charge in [0.25, 0.3) is 5.91 Å². The van der Waals surface area contributed by atoms with E-state index >= 15 is 0 Å². The van der Waals surface area contributed by atoms with Crippen LogP contribution >= 0.6 is 11.3 Å². The van der Waals surface area contributed by atoms with Crippen LogP contribution in [-0.2, 0) is 16.0 Å².